The number of nitrogens with one attached hydrogen (secondary N) is 3. The number of nitro groups is 1. The van der Waals surface area contributed by atoms with Crippen molar-refractivity contribution >= 4 is 17.4 Å². The van der Waals surface area contributed by atoms with Gasteiger partial charge in [-0.1, -0.05) is 24.3 Å². The second-order valence-electron chi connectivity index (χ2n) is 4.41. The Morgan fingerprint density at radius 3 is 2.91 bits per heavy atom. The number of amidine groups is 1. The first kappa shape index (κ1) is 18.0. The number of ether oxygens (including phenoxy) is 1. The molecule has 1 fully saturated rings. The minimum atomic E-state index is -0.559. The standard InChI is InChI=1S/C13H20ClN5O3/c1-3-11(14)16-12(4-2)17-18-13(9-19(20)21)15-8-10-6-5-7-22-10/h3-4,9-10,15,18H,2,5-8H2,1H3,(H,16,17)/b11-3-,13-9-. The molecule has 1 unspecified atom stereocenters. The summed E-state index contributed by atoms with van der Waals surface area (Å²) in [4.78, 5) is 14.1. The van der Waals surface area contributed by atoms with Crippen LogP contribution in [0.1, 0.15) is 19.8 Å². The van der Waals surface area contributed by atoms with Gasteiger partial charge in [0, 0.05) is 13.2 Å². The summed E-state index contributed by atoms with van der Waals surface area (Å²) in [5.74, 6) is 0.517. The van der Waals surface area contributed by atoms with Crippen molar-refractivity contribution in [3.63, 3.8) is 0 Å². The number of hydrazine groups is 1. The molecule has 0 bridgehead atoms. The Balaban J connectivity index is 2.58. The number of allylic oxidation sites excluding steroid dienone is 1. The Morgan fingerprint density at radius 1 is 1.59 bits per heavy atom. The average Bonchev–Trinajstić information content (AvgIpc) is 3.01. The van der Waals surface area contributed by atoms with Crippen molar-refractivity contribution in [2.24, 2.45) is 4.99 Å². The van der Waals surface area contributed by atoms with Crippen molar-refractivity contribution in [2.45, 2.75) is 25.9 Å². The lowest BCUT2D eigenvalue weighted by atomic mass is 10.2. The molecule has 3 N–H and O–H groups in total. The van der Waals surface area contributed by atoms with Gasteiger partial charge in [0.2, 0.25) is 0 Å². The zero-order chi connectivity index (χ0) is 16.4. The minimum absolute atomic E-state index is 0.0574. The zero-order valence-corrected chi connectivity index (χ0v) is 13.1. The number of halogens is 1. The van der Waals surface area contributed by atoms with Gasteiger partial charge in [0.1, 0.15) is 11.0 Å². The summed E-state index contributed by atoms with van der Waals surface area (Å²) in [6, 6.07) is 0. The summed E-state index contributed by atoms with van der Waals surface area (Å²) in [6.07, 6.45) is 5.85. The van der Waals surface area contributed by atoms with Gasteiger partial charge in [-0.2, -0.15) is 0 Å². The van der Waals surface area contributed by atoms with E-state index in [9.17, 15) is 10.1 Å². The molecule has 1 heterocycles. The molecule has 1 aliphatic rings. The quantitative estimate of drug-likeness (QED) is 0.206. The van der Waals surface area contributed by atoms with Gasteiger partial charge in [0.15, 0.2) is 5.82 Å². The molecular formula is C13H20ClN5O3. The minimum Gasteiger partial charge on any atom is -0.376 e. The Bertz CT molecular complexity index is 484. The first-order chi connectivity index (χ1) is 10.5. The SMILES string of the molecule is C=C/C(=N\C(Cl)=C/C)NN/C(=C\[N+](=O)[O-])NCC1CCCO1. The van der Waals surface area contributed by atoms with E-state index in [1.165, 1.54) is 6.08 Å². The molecule has 1 rings (SSSR count). The normalized spacial score (nSPS) is 19.7. The second-order valence-corrected chi connectivity index (χ2v) is 4.79. The maximum Gasteiger partial charge on any atom is 0.275 e. The van der Waals surface area contributed by atoms with Gasteiger partial charge in [-0.25, -0.2) is 4.99 Å². The smallest absolute Gasteiger partial charge is 0.275 e. The first-order valence-corrected chi connectivity index (χ1v) is 7.18. The van der Waals surface area contributed by atoms with E-state index in [-0.39, 0.29) is 17.1 Å². The number of hydrogen-bond acceptors (Lipinski definition) is 6. The van der Waals surface area contributed by atoms with E-state index in [2.05, 4.69) is 27.7 Å². The van der Waals surface area contributed by atoms with Crippen LogP contribution in [0, 0.1) is 10.1 Å². The van der Waals surface area contributed by atoms with Crippen molar-refractivity contribution in [2.75, 3.05) is 13.2 Å². The fourth-order valence-electron chi connectivity index (χ4n) is 1.69. The Kier molecular flexibility index (Phi) is 8.01. The molecule has 0 amide bonds. The third-order valence-electron chi connectivity index (χ3n) is 2.76. The van der Waals surface area contributed by atoms with Crippen LogP contribution in [0.5, 0.6) is 0 Å². The number of nitrogens with zero attached hydrogens (tertiary/aromatic N) is 2. The molecule has 0 saturated carbocycles. The van der Waals surface area contributed by atoms with E-state index in [1.54, 1.807) is 13.0 Å². The Morgan fingerprint density at radius 2 is 2.36 bits per heavy atom. The van der Waals surface area contributed by atoms with Crippen molar-refractivity contribution in [3.05, 3.63) is 46.0 Å². The summed E-state index contributed by atoms with van der Waals surface area (Å²) >= 11 is 5.79. The van der Waals surface area contributed by atoms with Crippen molar-refractivity contribution < 1.29 is 9.66 Å². The average molecular weight is 330 g/mol. The van der Waals surface area contributed by atoms with Gasteiger partial charge in [0.25, 0.3) is 6.20 Å². The number of aliphatic imine (C=N–C) groups is 1. The molecule has 8 nitrogen and oxygen atoms in total. The molecule has 0 aromatic heterocycles. The van der Waals surface area contributed by atoms with Gasteiger partial charge in [-0.15, -0.1) is 0 Å². The van der Waals surface area contributed by atoms with E-state index >= 15 is 0 Å². The van der Waals surface area contributed by atoms with E-state index in [0.717, 1.165) is 25.6 Å². The van der Waals surface area contributed by atoms with Crippen molar-refractivity contribution in [3.8, 4) is 0 Å². The lowest BCUT2D eigenvalue weighted by Crippen LogP contribution is -2.42. The van der Waals surface area contributed by atoms with Gasteiger partial charge in [0.05, 0.1) is 11.0 Å². The molecule has 0 aliphatic carbocycles. The predicted molar refractivity (Wildman–Crippen MR) is 85.6 cm³/mol. The van der Waals surface area contributed by atoms with Gasteiger partial charge in [-0.3, -0.25) is 21.0 Å². The summed E-state index contributed by atoms with van der Waals surface area (Å²) < 4.78 is 5.45. The van der Waals surface area contributed by atoms with Crippen LogP contribution in [0.25, 0.3) is 0 Å². The third-order valence-corrected chi connectivity index (χ3v) is 3.07. The van der Waals surface area contributed by atoms with E-state index < -0.39 is 4.92 Å². The summed E-state index contributed by atoms with van der Waals surface area (Å²) in [6.45, 7) is 6.52. The van der Waals surface area contributed by atoms with E-state index in [1.807, 2.05) is 0 Å². The highest BCUT2D eigenvalue weighted by Gasteiger charge is 2.16. The molecule has 122 valence electrons. The molecule has 0 radical (unpaired) electrons. The van der Waals surface area contributed by atoms with Gasteiger partial charge >= 0.3 is 0 Å². The largest absolute Gasteiger partial charge is 0.376 e. The van der Waals surface area contributed by atoms with Crippen LogP contribution in [0.15, 0.2) is 40.9 Å². The zero-order valence-electron chi connectivity index (χ0n) is 12.3. The van der Waals surface area contributed by atoms with Crippen LogP contribution < -0.4 is 16.2 Å². The van der Waals surface area contributed by atoms with Gasteiger partial charge < -0.3 is 10.1 Å². The first-order valence-electron chi connectivity index (χ1n) is 6.81. The molecule has 0 aromatic carbocycles. The van der Waals surface area contributed by atoms with Crippen LogP contribution in [0.2, 0.25) is 0 Å². The molecule has 22 heavy (non-hydrogen) atoms. The molecule has 0 spiro atoms. The van der Waals surface area contributed by atoms with E-state index in [0.29, 0.717) is 12.4 Å². The number of hydrogen-bond donors (Lipinski definition) is 3. The van der Waals surface area contributed by atoms with Crippen LogP contribution in [0.3, 0.4) is 0 Å². The van der Waals surface area contributed by atoms with E-state index in [4.69, 9.17) is 16.3 Å². The number of rotatable bonds is 8. The molecule has 1 atom stereocenters. The third kappa shape index (κ3) is 7.09. The van der Waals surface area contributed by atoms with Crippen molar-refractivity contribution in [1.29, 1.82) is 0 Å². The second kappa shape index (κ2) is 9.80. The Hall–Kier alpha value is -2.06. The maximum absolute atomic E-state index is 10.7. The van der Waals surface area contributed by atoms with Crippen LogP contribution in [-0.4, -0.2) is 30.0 Å². The fourth-order valence-corrected chi connectivity index (χ4v) is 1.78. The topological polar surface area (TPSA) is 101 Å². The maximum atomic E-state index is 10.7. The summed E-state index contributed by atoms with van der Waals surface area (Å²) in [5.41, 5.74) is 5.37. The molecule has 1 saturated heterocycles. The highest BCUT2D eigenvalue weighted by Crippen LogP contribution is 2.10. The van der Waals surface area contributed by atoms with Crippen molar-refractivity contribution in [1.82, 2.24) is 16.2 Å². The highest BCUT2D eigenvalue weighted by molar-refractivity contribution is 6.30. The predicted octanol–water partition coefficient (Wildman–Crippen LogP) is 1.61. The highest BCUT2D eigenvalue weighted by atomic mass is 35.5. The molecular weight excluding hydrogens is 310 g/mol. The molecule has 0 aromatic rings. The van der Waals surface area contributed by atoms with Gasteiger partial charge in [-0.05, 0) is 25.8 Å². The summed E-state index contributed by atoms with van der Waals surface area (Å²) in [7, 11) is 0. The lowest BCUT2D eigenvalue weighted by Gasteiger charge is -2.15. The monoisotopic (exact) mass is 329 g/mol. The lowest BCUT2D eigenvalue weighted by molar-refractivity contribution is -0.404. The fraction of sp³-hybridized carbons (Fsp3) is 0.462. The Labute approximate surface area is 134 Å². The summed E-state index contributed by atoms with van der Waals surface area (Å²) in [5, 5.41) is 13.9. The molecule has 1 aliphatic heterocycles. The van der Waals surface area contributed by atoms with Crippen LogP contribution >= 0.6 is 11.6 Å². The van der Waals surface area contributed by atoms with Crippen LogP contribution in [-0.2, 0) is 4.74 Å². The molecule has 9 heteroatoms. The van der Waals surface area contributed by atoms with Crippen LogP contribution in [0.4, 0.5) is 0 Å².